The molecule has 134 valence electrons. The molecule has 0 radical (unpaired) electrons. The van der Waals surface area contributed by atoms with Gasteiger partial charge in [-0.3, -0.25) is 9.78 Å². The van der Waals surface area contributed by atoms with Crippen molar-refractivity contribution >= 4 is 5.91 Å². The predicted molar refractivity (Wildman–Crippen MR) is 99.2 cm³/mol. The van der Waals surface area contributed by atoms with E-state index in [1.54, 1.807) is 35.7 Å². The molecule has 7 heteroatoms. The zero-order valence-electron chi connectivity index (χ0n) is 14.7. The van der Waals surface area contributed by atoms with Crippen molar-refractivity contribution in [1.29, 1.82) is 0 Å². The lowest BCUT2D eigenvalue weighted by Gasteiger charge is -2.04. The molecule has 4 aromatic rings. The molecule has 0 atom stereocenters. The molecule has 3 aromatic heterocycles. The zero-order valence-corrected chi connectivity index (χ0v) is 14.7. The van der Waals surface area contributed by atoms with Gasteiger partial charge in [0, 0.05) is 18.9 Å². The number of carbonyl (C=O) groups is 1. The number of furan rings is 1. The Morgan fingerprint density at radius 2 is 1.89 bits per heavy atom. The monoisotopic (exact) mass is 359 g/mol. The van der Waals surface area contributed by atoms with E-state index in [2.05, 4.69) is 20.4 Å². The number of hydrogen-bond acceptors (Lipinski definition) is 5. The Balaban J connectivity index is 1.64. The van der Waals surface area contributed by atoms with E-state index in [-0.39, 0.29) is 11.7 Å². The molecule has 0 aliphatic heterocycles. The number of aromatic nitrogens is 4. The lowest BCUT2D eigenvalue weighted by molar-refractivity contribution is 0.0940. The van der Waals surface area contributed by atoms with Gasteiger partial charge in [0.05, 0.1) is 17.5 Å². The van der Waals surface area contributed by atoms with Crippen LogP contribution in [-0.2, 0) is 6.54 Å². The van der Waals surface area contributed by atoms with Gasteiger partial charge in [-0.2, -0.15) is 0 Å². The molecule has 0 spiro atoms. The molecule has 27 heavy (non-hydrogen) atoms. The second kappa shape index (κ2) is 7.25. The summed E-state index contributed by atoms with van der Waals surface area (Å²) in [6.45, 7) is 2.39. The smallest absolute Gasteiger partial charge is 0.291 e. The minimum Gasteiger partial charge on any atom is -0.472 e. The third kappa shape index (κ3) is 3.62. The SMILES string of the molecule is Cc1ccc(-n2nc(C(=O)NCc3ccncc3)nc2-c2ccoc2)cc1. The molecule has 7 nitrogen and oxygen atoms in total. The van der Waals surface area contributed by atoms with Crippen molar-refractivity contribution in [2.45, 2.75) is 13.5 Å². The molecular weight excluding hydrogens is 342 g/mol. The van der Waals surface area contributed by atoms with E-state index in [4.69, 9.17) is 4.42 Å². The Bertz CT molecular complexity index is 1040. The number of carbonyl (C=O) groups excluding carboxylic acids is 1. The van der Waals surface area contributed by atoms with Gasteiger partial charge in [-0.05, 0) is 42.8 Å². The van der Waals surface area contributed by atoms with Crippen LogP contribution in [0.2, 0.25) is 0 Å². The summed E-state index contributed by atoms with van der Waals surface area (Å²) >= 11 is 0. The summed E-state index contributed by atoms with van der Waals surface area (Å²) in [6.07, 6.45) is 6.51. The Morgan fingerprint density at radius 3 is 2.59 bits per heavy atom. The number of hydrogen-bond donors (Lipinski definition) is 1. The molecule has 0 saturated carbocycles. The first-order valence-corrected chi connectivity index (χ1v) is 8.44. The van der Waals surface area contributed by atoms with Crippen molar-refractivity contribution in [3.8, 4) is 17.1 Å². The topological polar surface area (TPSA) is 85.8 Å². The third-order valence-corrected chi connectivity index (χ3v) is 4.07. The molecule has 0 fully saturated rings. The van der Waals surface area contributed by atoms with Gasteiger partial charge in [0.1, 0.15) is 6.26 Å². The number of amides is 1. The van der Waals surface area contributed by atoms with Crippen LogP contribution >= 0.6 is 0 Å². The van der Waals surface area contributed by atoms with Gasteiger partial charge in [-0.15, -0.1) is 5.10 Å². The first-order valence-electron chi connectivity index (χ1n) is 8.44. The van der Waals surface area contributed by atoms with Gasteiger partial charge in [0.25, 0.3) is 5.91 Å². The van der Waals surface area contributed by atoms with Crippen molar-refractivity contribution in [2.24, 2.45) is 0 Å². The van der Waals surface area contributed by atoms with Gasteiger partial charge >= 0.3 is 0 Å². The maximum absolute atomic E-state index is 12.6. The Labute approximate surface area is 155 Å². The Morgan fingerprint density at radius 1 is 1.11 bits per heavy atom. The van der Waals surface area contributed by atoms with Crippen LogP contribution in [0.25, 0.3) is 17.1 Å². The van der Waals surface area contributed by atoms with E-state index >= 15 is 0 Å². The van der Waals surface area contributed by atoms with Crippen LogP contribution in [0.5, 0.6) is 0 Å². The maximum Gasteiger partial charge on any atom is 0.291 e. The van der Waals surface area contributed by atoms with Crippen molar-refractivity contribution in [2.75, 3.05) is 0 Å². The normalized spacial score (nSPS) is 10.7. The second-order valence-corrected chi connectivity index (χ2v) is 6.06. The summed E-state index contributed by atoms with van der Waals surface area (Å²) in [5.74, 6) is 0.296. The predicted octanol–water partition coefficient (Wildman–Crippen LogP) is 3.16. The number of nitrogens with one attached hydrogen (secondary N) is 1. The third-order valence-electron chi connectivity index (χ3n) is 4.07. The van der Waals surface area contributed by atoms with Gasteiger partial charge in [-0.25, -0.2) is 9.67 Å². The van der Waals surface area contributed by atoms with E-state index in [9.17, 15) is 4.79 Å². The maximum atomic E-state index is 12.6. The highest BCUT2D eigenvalue weighted by molar-refractivity contribution is 5.91. The summed E-state index contributed by atoms with van der Waals surface area (Å²) in [7, 11) is 0. The van der Waals surface area contributed by atoms with Crippen molar-refractivity contribution in [3.63, 3.8) is 0 Å². The molecule has 0 aliphatic rings. The van der Waals surface area contributed by atoms with E-state index in [0.717, 1.165) is 22.4 Å². The molecule has 3 heterocycles. The van der Waals surface area contributed by atoms with Crippen molar-refractivity contribution < 1.29 is 9.21 Å². The number of benzene rings is 1. The highest BCUT2D eigenvalue weighted by atomic mass is 16.3. The van der Waals surface area contributed by atoms with Crippen LogP contribution in [0, 0.1) is 6.92 Å². The highest BCUT2D eigenvalue weighted by Gasteiger charge is 2.19. The number of pyridine rings is 1. The Kier molecular flexibility index (Phi) is 4.49. The first kappa shape index (κ1) is 16.7. The van der Waals surface area contributed by atoms with Crippen LogP contribution < -0.4 is 5.32 Å². The average molecular weight is 359 g/mol. The van der Waals surface area contributed by atoms with E-state index in [0.29, 0.717) is 12.4 Å². The molecule has 0 aliphatic carbocycles. The summed E-state index contributed by atoms with van der Waals surface area (Å²) in [6, 6.07) is 13.3. The average Bonchev–Trinajstić information content (AvgIpc) is 3.37. The van der Waals surface area contributed by atoms with Gasteiger partial charge in [0.2, 0.25) is 5.82 Å². The molecule has 1 N–H and O–H groups in total. The van der Waals surface area contributed by atoms with Gasteiger partial charge < -0.3 is 9.73 Å². The van der Waals surface area contributed by atoms with Crippen LogP contribution in [0.1, 0.15) is 21.7 Å². The van der Waals surface area contributed by atoms with Gasteiger partial charge in [0.15, 0.2) is 5.82 Å². The summed E-state index contributed by atoms with van der Waals surface area (Å²) in [5.41, 5.74) is 3.65. The van der Waals surface area contributed by atoms with E-state index in [1.807, 2.05) is 43.3 Å². The van der Waals surface area contributed by atoms with Crippen LogP contribution in [0.15, 0.2) is 71.8 Å². The minimum absolute atomic E-state index is 0.0980. The van der Waals surface area contributed by atoms with Crippen LogP contribution in [0.3, 0.4) is 0 Å². The lowest BCUT2D eigenvalue weighted by atomic mass is 10.2. The molecular formula is C20H17N5O2. The van der Waals surface area contributed by atoms with Crippen LogP contribution in [-0.4, -0.2) is 25.7 Å². The molecule has 1 amide bonds. The first-order chi connectivity index (χ1) is 13.2. The second-order valence-electron chi connectivity index (χ2n) is 6.06. The lowest BCUT2D eigenvalue weighted by Crippen LogP contribution is -2.24. The van der Waals surface area contributed by atoms with Gasteiger partial charge in [-0.1, -0.05) is 17.7 Å². The van der Waals surface area contributed by atoms with Crippen LogP contribution in [0.4, 0.5) is 0 Å². The zero-order chi connectivity index (χ0) is 18.6. The number of rotatable bonds is 5. The molecule has 4 rings (SSSR count). The molecule has 0 unspecified atom stereocenters. The summed E-state index contributed by atoms with van der Waals surface area (Å²) in [5, 5.41) is 7.25. The summed E-state index contributed by atoms with van der Waals surface area (Å²) in [4.78, 5) is 20.9. The number of aryl methyl sites for hydroxylation is 1. The highest BCUT2D eigenvalue weighted by Crippen LogP contribution is 2.22. The standard InChI is InChI=1S/C20H17N5O2/c1-14-2-4-17(5-3-14)25-19(16-8-11-27-13-16)23-18(24-25)20(26)22-12-15-6-9-21-10-7-15/h2-11,13H,12H2,1H3,(H,22,26). The molecule has 0 saturated heterocycles. The van der Waals surface area contributed by atoms with Crippen molar-refractivity contribution in [1.82, 2.24) is 25.1 Å². The summed E-state index contributed by atoms with van der Waals surface area (Å²) < 4.78 is 6.81. The van der Waals surface area contributed by atoms with E-state index in [1.165, 1.54) is 0 Å². The van der Waals surface area contributed by atoms with E-state index < -0.39 is 0 Å². The minimum atomic E-state index is -0.345. The fourth-order valence-electron chi connectivity index (χ4n) is 2.61. The molecule has 1 aromatic carbocycles. The largest absolute Gasteiger partial charge is 0.472 e. The number of nitrogens with zero attached hydrogens (tertiary/aromatic N) is 4. The van der Waals surface area contributed by atoms with Crippen molar-refractivity contribution in [3.05, 3.63) is 84.3 Å². The quantitative estimate of drug-likeness (QED) is 0.591. The molecule has 0 bridgehead atoms. The Hall–Kier alpha value is -3.74. The fraction of sp³-hybridized carbons (Fsp3) is 0.100. The fourth-order valence-corrected chi connectivity index (χ4v) is 2.61.